The number of hydrogen-bond acceptors (Lipinski definition) is 9. The number of rotatable bonds is 10. The molecule has 4 aliphatic rings. The van der Waals surface area contributed by atoms with E-state index >= 15 is 9.59 Å². The van der Waals surface area contributed by atoms with Gasteiger partial charge in [-0.3, -0.25) is 24.1 Å². The number of imide groups is 2. The summed E-state index contributed by atoms with van der Waals surface area (Å²) in [5, 5.41) is 18.5. The summed E-state index contributed by atoms with van der Waals surface area (Å²) in [4.78, 5) is 64.1. The van der Waals surface area contributed by atoms with Gasteiger partial charge in [0, 0.05) is 30.7 Å². The highest BCUT2D eigenvalue weighted by atomic mass is 35.5. The third-order valence-electron chi connectivity index (χ3n) is 12.5. The third kappa shape index (κ3) is 6.40. The minimum Gasteiger partial charge on any atom is -0.491 e. The Bertz CT molecular complexity index is 2540. The predicted octanol–water partition coefficient (Wildman–Crippen LogP) is 8.56. The van der Waals surface area contributed by atoms with Crippen LogP contribution in [-0.4, -0.2) is 56.0 Å². The number of fused-ring (bicyclic) bond motifs is 4. The van der Waals surface area contributed by atoms with Crippen molar-refractivity contribution in [2.24, 2.45) is 33.9 Å². The Morgan fingerprint density at radius 2 is 1.43 bits per heavy atom. The van der Waals surface area contributed by atoms with Gasteiger partial charge in [-0.25, -0.2) is 4.90 Å². The molecule has 0 bridgehead atoms. The summed E-state index contributed by atoms with van der Waals surface area (Å²) in [6.07, 6.45) is 2.51. The van der Waals surface area contributed by atoms with Gasteiger partial charge in [-0.2, -0.15) is 10.2 Å². The van der Waals surface area contributed by atoms with Gasteiger partial charge in [-0.1, -0.05) is 71.8 Å². The first kappa shape index (κ1) is 39.1. The molecular formula is C48H42ClN5O6. The van der Waals surface area contributed by atoms with Crippen LogP contribution in [-0.2, 0) is 24.6 Å². The number of halogens is 1. The molecule has 2 aliphatic heterocycles. The Kier molecular flexibility index (Phi) is 10.2. The van der Waals surface area contributed by atoms with Crippen molar-refractivity contribution in [3.05, 3.63) is 155 Å². The maximum Gasteiger partial charge on any atom is 0.246 e. The largest absolute Gasteiger partial charge is 0.491 e. The van der Waals surface area contributed by atoms with Crippen LogP contribution >= 0.6 is 11.6 Å². The summed E-state index contributed by atoms with van der Waals surface area (Å²) < 4.78 is 5.71. The van der Waals surface area contributed by atoms with Crippen LogP contribution in [0, 0.1) is 23.7 Å². The summed E-state index contributed by atoms with van der Waals surface area (Å²) in [7, 11) is 3.93. The standard InChI is InChI=1S/C48H42ClN5O6/c1-52(2)34-17-13-32(14-18-34)50-51-33-15-19-35(20-16-33)53-44(56)39-24-23-38-40(42(39)46(53)58)28-41-45(57)54(36-10-6-9-31(49)27-36)47(59)48(41,30-7-4-3-5-8-30)43(38)29-11-21-37(22-12-29)60-26-25-55/h3-23,27,39-43,55H,24-26,28H2,1-2H3. The molecule has 11 nitrogen and oxygen atoms in total. The van der Waals surface area contributed by atoms with Crippen molar-refractivity contribution in [2.45, 2.75) is 24.2 Å². The minimum atomic E-state index is -1.40. The number of aliphatic hydroxyl groups is 1. The lowest BCUT2D eigenvalue weighted by atomic mass is 9.49. The van der Waals surface area contributed by atoms with Crippen molar-refractivity contribution >= 4 is 63.7 Å². The van der Waals surface area contributed by atoms with Gasteiger partial charge in [0.05, 0.1) is 52.5 Å². The van der Waals surface area contributed by atoms with Crippen LogP contribution in [0.4, 0.5) is 28.4 Å². The highest BCUT2D eigenvalue weighted by molar-refractivity contribution is 6.32. The number of hydrogen-bond donors (Lipinski definition) is 1. The molecule has 302 valence electrons. The first-order valence-electron chi connectivity index (χ1n) is 20.0. The molecule has 2 saturated heterocycles. The summed E-state index contributed by atoms with van der Waals surface area (Å²) in [6.45, 7) is -0.0382. The third-order valence-corrected chi connectivity index (χ3v) is 12.7. The smallest absolute Gasteiger partial charge is 0.246 e. The molecule has 1 saturated carbocycles. The van der Waals surface area contributed by atoms with Crippen LogP contribution in [0.3, 0.4) is 0 Å². The molecule has 2 heterocycles. The lowest BCUT2D eigenvalue weighted by Crippen LogP contribution is -2.53. The lowest BCUT2D eigenvalue weighted by Gasteiger charge is -2.50. The highest BCUT2D eigenvalue weighted by Gasteiger charge is 2.70. The number of carbonyl (C=O) groups is 4. The summed E-state index contributed by atoms with van der Waals surface area (Å²) in [5.41, 5.74) is 3.99. The van der Waals surface area contributed by atoms with Crippen molar-refractivity contribution in [2.75, 3.05) is 42.0 Å². The van der Waals surface area contributed by atoms with E-state index in [1.165, 1.54) is 9.80 Å². The fraction of sp³-hybridized carbons (Fsp3) is 0.250. The zero-order valence-corrected chi connectivity index (χ0v) is 33.8. The average Bonchev–Trinajstić information content (AvgIpc) is 3.66. The topological polar surface area (TPSA) is 132 Å². The average molecular weight is 820 g/mol. The van der Waals surface area contributed by atoms with Gasteiger partial charge in [0.2, 0.25) is 23.6 Å². The Hall–Kier alpha value is -6.43. The van der Waals surface area contributed by atoms with Crippen LogP contribution < -0.4 is 19.4 Å². The molecule has 6 atom stereocenters. The maximum absolute atomic E-state index is 15.5. The van der Waals surface area contributed by atoms with E-state index in [2.05, 4.69) is 10.2 Å². The van der Waals surface area contributed by atoms with Crippen LogP contribution in [0.25, 0.3) is 0 Å². The number of allylic oxidation sites excluding steroid dienone is 2. The number of nitrogens with zero attached hydrogens (tertiary/aromatic N) is 5. The fourth-order valence-electron chi connectivity index (χ4n) is 9.89. The van der Waals surface area contributed by atoms with Gasteiger partial charge in [0.1, 0.15) is 12.4 Å². The van der Waals surface area contributed by atoms with Gasteiger partial charge < -0.3 is 14.7 Å². The number of carbonyl (C=O) groups excluding carboxylic acids is 4. The van der Waals surface area contributed by atoms with Gasteiger partial charge in [0.15, 0.2) is 0 Å². The molecular weight excluding hydrogens is 778 g/mol. The van der Waals surface area contributed by atoms with Crippen molar-refractivity contribution in [3.8, 4) is 5.75 Å². The molecule has 0 aromatic heterocycles. The zero-order valence-electron chi connectivity index (χ0n) is 33.0. The number of amides is 4. The normalized spacial score (nSPS) is 24.7. The van der Waals surface area contributed by atoms with Gasteiger partial charge >= 0.3 is 0 Å². The Balaban J connectivity index is 1.10. The molecule has 6 unspecified atom stereocenters. The molecule has 9 rings (SSSR count). The Labute approximate surface area is 352 Å². The van der Waals surface area contributed by atoms with E-state index < -0.39 is 35.0 Å². The quantitative estimate of drug-likeness (QED) is 0.0849. The maximum atomic E-state index is 15.5. The predicted molar refractivity (Wildman–Crippen MR) is 229 cm³/mol. The van der Waals surface area contributed by atoms with Crippen LogP contribution in [0.1, 0.15) is 29.9 Å². The first-order chi connectivity index (χ1) is 29.1. The molecule has 5 aromatic carbocycles. The van der Waals surface area contributed by atoms with E-state index in [1.807, 2.05) is 91.8 Å². The van der Waals surface area contributed by atoms with E-state index in [-0.39, 0.29) is 43.3 Å². The number of ether oxygens (including phenoxy) is 1. The fourth-order valence-corrected chi connectivity index (χ4v) is 10.1. The summed E-state index contributed by atoms with van der Waals surface area (Å²) in [5.74, 6) is -4.35. The van der Waals surface area contributed by atoms with Crippen molar-refractivity contribution < 1.29 is 29.0 Å². The van der Waals surface area contributed by atoms with Crippen LogP contribution in [0.2, 0.25) is 5.02 Å². The second kappa shape index (κ2) is 15.6. The highest BCUT2D eigenvalue weighted by Crippen LogP contribution is 2.64. The number of anilines is 3. The van der Waals surface area contributed by atoms with Gasteiger partial charge in [0.25, 0.3) is 0 Å². The molecule has 2 aliphatic carbocycles. The second-order valence-corrected chi connectivity index (χ2v) is 16.3. The number of aliphatic hydroxyl groups excluding tert-OH is 1. The van der Waals surface area contributed by atoms with Crippen LogP contribution in [0.5, 0.6) is 5.75 Å². The van der Waals surface area contributed by atoms with E-state index in [4.69, 9.17) is 16.3 Å². The van der Waals surface area contributed by atoms with E-state index in [0.29, 0.717) is 45.5 Å². The van der Waals surface area contributed by atoms with Crippen molar-refractivity contribution in [1.29, 1.82) is 0 Å². The first-order valence-corrected chi connectivity index (χ1v) is 20.4. The lowest BCUT2D eigenvalue weighted by molar-refractivity contribution is -0.127. The Morgan fingerprint density at radius 1 is 0.750 bits per heavy atom. The molecule has 0 radical (unpaired) electrons. The van der Waals surface area contributed by atoms with Crippen molar-refractivity contribution in [1.82, 2.24) is 0 Å². The summed E-state index contributed by atoms with van der Waals surface area (Å²) in [6, 6.07) is 38.0. The number of azo groups is 1. The van der Waals surface area contributed by atoms with Gasteiger partial charge in [-0.15, -0.1) is 0 Å². The monoisotopic (exact) mass is 819 g/mol. The van der Waals surface area contributed by atoms with E-state index in [9.17, 15) is 14.7 Å². The SMILES string of the molecule is CN(C)c1ccc(N=Nc2ccc(N3C(=O)C4CC=C5C(CC6C(=O)N(c7cccc(Cl)c7)C(=O)C6(c6ccccc6)C5c5ccc(OCCO)cc5)C4C3=O)cc2)cc1. The molecule has 1 N–H and O–H groups in total. The minimum absolute atomic E-state index is 0.113. The molecule has 4 amide bonds. The molecule has 12 heteroatoms. The van der Waals surface area contributed by atoms with E-state index in [0.717, 1.165) is 16.8 Å². The van der Waals surface area contributed by atoms with Gasteiger partial charge in [-0.05, 0) is 109 Å². The summed E-state index contributed by atoms with van der Waals surface area (Å²) >= 11 is 6.45. The zero-order chi connectivity index (χ0) is 41.7. The molecule has 3 fully saturated rings. The second-order valence-electron chi connectivity index (χ2n) is 15.9. The number of benzene rings is 5. The molecule has 5 aromatic rings. The Morgan fingerprint density at radius 3 is 2.08 bits per heavy atom. The van der Waals surface area contributed by atoms with E-state index in [1.54, 1.807) is 60.7 Å². The molecule has 60 heavy (non-hydrogen) atoms. The molecule has 0 spiro atoms. The van der Waals surface area contributed by atoms with Crippen LogP contribution in [0.15, 0.2) is 149 Å². The van der Waals surface area contributed by atoms with Crippen molar-refractivity contribution in [3.63, 3.8) is 0 Å².